The van der Waals surface area contributed by atoms with Crippen molar-refractivity contribution in [3.05, 3.63) is 24.0 Å². The number of pyridine rings is 1. The van der Waals surface area contributed by atoms with E-state index in [-0.39, 0.29) is 18.2 Å². The Morgan fingerprint density at radius 1 is 1.53 bits per heavy atom. The molecule has 1 N–H and O–H groups in total. The Kier molecular flexibility index (Phi) is 5.29. The number of aliphatic carboxylic acids is 1. The Morgan fingerprint density at radius 2 is 2.21 bits per heavy atom. The lowest BCUT2D eigenvalue weighted by Crippen LogP contribution is -2.34. The molecule has 0 saturated carbocycles. The summed E-state index contributed by atoms with van der Waals surface area (Å²) in [5.41, 5.74) is 0.965. The second-order valence-electron chi connectivity index (χ2n) is 4.12. The number of rotatable bonds is 6. The van der Waals surface area contributed by atoms with Crippen molar-refractivity contribution < 1.29 is 19.4 Å². The summed E-state index contributed by atoms with van der Waals surface area (Å²) in [6.45, 7) is 4.39. The summed E-state index contributed by atoms with van der Waals surface area (Å²) in [7, 11) is 1.29. The number of carboxylic acids is 1. The van der Waals surface area contributed by atoms with Gasteiger partial charge in [0.2, 0.25) is 0 Å². The van der Waals surface area contributed by atoms with E-state index in [0.717, 1.165) is 5.69 Å². The first-order valence-electron chi connectivity index (χ1n) is 6.02. The number of carbonyl (C=O) groups is 2. The topological polar surface area (TPSA) is 79.7 Å². The van der Waals surface area contributed by atoms with E-state index in [1.54, 1.807) is 12.1 Å². The van der Waals surface area contributed by atoms with E-state index in [0.29, 0.717) is 6.54 Å². The zero-order valence-electron chi connectivity index (χ0n) is 11.3. The van der Waals surface area contributed by atoms with Gasteiger partial charge in [-0.05, 0) is 26.0 Å². The molecule has 1 rings (SSSR count). The molecular weight excluding hydrogens is 248 g/mol. The average molecular weight is 266 g/mol. The maximum absolute atomic E-state index is 11.4. The molecule has 0 amide bonds. The number of nitrogens with zero attached hydrogens (tertiary/aromatic N) is 2. The Morgan fingerprint density at radius 3 is 2.74 bits per heavy atom. The number of anilines is 1. The first kappa shape index (κ1) is 14.9. The van der Waals surface area contributed by atoms with Gasteiger partial charge in [0.15, 0.2) is 0 Å². The quantitative estimate of drug-likeness (QED) is 0.787. The minimum absolute atomic E-state index is 0.0315. The van der Waals surface area contributed by atoms with Gasteiger partial charge in [0, 0.05) is 24.5 Å². The highest BCUT2D eigenvalue weighted by Gasteiger charge is 2.17. The number of methoxy groups -OCH3 is 1. The molecule has 1 atom stereocenters. The van der Waals surface area contributed by atoms with Crippen LogP contribution in [-0.4, -0.2) is 41.7 Å². The molecule has 0 aromatic carbocycles. The molecule has 0 saturated heterocycles. The van der Waals surface area contributed by atoms with Crippen molar-refractivity contribution in [3.63, 3.8) is 0 Å². The molecule has 0 aliphatic heterocycles. The minimum atomic E-state index is -0.854. The van der Waals surface area contributed by atoms with E-state index in [4.69, 9.17) is 5.11 Å². The Balaban J connectivity index is 2.98. The monoisotopic (exact) mass is 266 g/mol. The third-order valence-electron chi connectivity index (χ3n) is 2.81. The van der Waals surface area contributed by atoms with E-state index >= 15 is 0 Å². The molecule has 1 unspecified atom stereocenters. The fourth-order valence-corrected chi connectivity index (χ4v) is 1.93. The van der Waals surface area contributed by atoms with Crippen LogP contribution in [0.1, 0.15) is 30.8 Å². The molecule has 6 heteroatoms. The molecule has 0 aliphatic rings. The van der Waals surface area contributed by atoms with Crippen LogP contribution in [0, 0.1) is 0 Å². The normalized spacial score (nSPS) is 11.7. The van der Waals surface area contributed by atoms with E-state index in [9.17, 15) is 9.59 Å². The fourth-order valence-electron chi connectivity index (χ4n) is 1.93. The molecule has 0 aliphatic carbocycles. The molecule has 0 fully saturated rings. The lowest BCUT2D eigenvalue weighted by Gasteiger charge is -2.29. The molecule has 0 bridgehead atoms. The van der Waals surface area contributed by atoms with Gasteiger partial charge in [0.25, 0.3) is 0 Å². The van der Waals surface area contributed by atoms with Gasteiger partial charge in [-0.1, -0.05) is 0 Å². The van der Waals surface area contributed by atoms with Crippen LogP contribution < -0.4 is 4.90 Å². The zero-order chi connectivity index (χ0) is 14.4. The molecule has 1 aromatic heterocycles. The van der Waals surface area contributed by atoms with Crippen LogP contribution in [-0.2, 0) is 9.53 Å². The first-order chi connectivity index (χ1) is 8.99. The van der Waals surface area contributed by atoms with Crippen molar-refractivity contribution in [1.29, 1.82) is 0 Å². The molecule has 0 spiro atoms. The Hall–Kier alpha value is -2.11. The van der Waals surface area contributed by atoms with Crippen LogP contribution in [0.3, 0.4) is 0 Å². The summed E-state index contributed by atoms with van der Waals surface area (Å²) >= 11 is 0. The van der Waals surface area contributed by atoms with Crippen LogP contribution in [0.5, 0.6) is 0 Å². The number of aromatic nitrogens is 1. The largest absolute Gasteiger partial charge is 0.481 e. The molecule has 1 heterocycles. The van der Waals surface area contributed by atoms with E-state index < -0.39 is 11.9 Å². The predicted octanol–water partition coefficient (Wildman–Crippen LogP) is 1.56. The van der Waals surface area contributed by atoms with Crippen molar-refractivity contribution in [1.82, 2.24) is 4.98 Å². The SMILES string of the molecule is CCN(c1ccnc(C(=O)OC)c1)C(C)CC(=O)O. The van der Waals surface area contributed by atoms with Gasteiger partial charge in [-0.15, -0.1) is 0 Å². The Labute approximate surface area is 112 Å². The number of hydrogen-bond donors (Lipinski definition) is 1. The lowest BCUT2D eigenvalue weighted by molar-refractivity contribution is -0.137. The maximum atomic E-state index is 11.4. The highest BCUT2D eigenvalue weighted by molar-refractivity contribution is 5.88. The van der Waals surface area contributed by atoms with Gasteiger partial charge in [-0.2, -0.15) is 0 Å². The van der Waals surface area contributed by atoms with Crippen LogP contribution >= 0.6 is 0 Å². The van der Waals surface area contributed by atoms with Crippen LogP contribution in [0.25, 0.3) is 0 Å². The van der Waals surface area contributed by atoms with E-state index in [1.165, 1.54) is 13.3 Å². The van der Waals surface area contributed by atoms with Gasteiger partial charge in [-0.25, -0.2) is 9.78 Å². The summed E-state index contributed by atoms with van der Waals surface area (Å²) in [4.78, 5) is 28.0. The van der Waals surface area contributed by atoms with Crippen molar-refractivity contribution in [3.8, 4) is 0 Å². The van der Waals surface area contributed by atoms with Crippen LogP contribution in [0.4, 0.5) is 5.69 Å². The van der Waals surface area contributed by atoms with Crippen molar-refractivity contribution >= 4 is 17.6 Å². The summed E-state index contributed by atoms with van der Waals surface area (Å²) in [5.74, 6) is -1.36. The second kappa shape index (κ2) is 6.72. The summed E-state index contributed by atoms with van der Waals surface area (Å²) in [6.07, 6.45) is 1.54. The van der Waals surface area contributed by atoms with Crippen molar-refractivity contribution in [2.24, 2.45) is 0 Å². The van der Waals surface area contributed by atoms with Crippen molar-refractivity contribution in [2.75, 3.05) is 18.6 Å². The highest BCUT2D eigenvalue weighted by atomic mass is 16.5. The van der Waals surface area contributed by atoms with E-state index in [2.05, 4.69) is 9.72 Å². The number of ether oxygens (including phenoxy) is 1. The fraction of sp³-hybridized carbons (Fsp3) is 0.462. The molecular formula is C13H18N2O4. The Bertz CT molecular complexity index is 462. The predicted molar refractivity (Wildman–Crippen MR) is 70.3 cm³/mol. The number of carbonyl (C=O) groups excluding carboxylic acids is 1. The summed E-state index contributed by atoms with van der Waals surface area (Å²) < 4.78 is 4.62. The van der Waals surface area contributed by atoms with Crippen LogP contribution in [0.15, 0.2) is 18.3 Å². The maximum Gasteiger partial charge on any atom is 0.356 e. The molecule has 104 valence electrons. The van der Waals surface area contributed by atoms with E-state index in [1.807, 2.05) is 18.7 Å². The second-order valence-corrected chi connectivity index (χ2v) is 4.12. The van der Waals surface area contributed by atoms with Gasteiger partial charge >= 0.3 is 11.9 Å². The third kappa shape index (κ3) is 3.94. The van der Waals surface area contributed by atoms with Gasteiger partial charge in [0.05, 0.1) is 13.5 Å². The highest BCUT2D eigenvalue weighted by Crippen LogP contribution is 2.19. The molecule has 6 nitrogen and oxygen atoms in total. The summed E-state index contributed by atoms with van der Waals surface area (Å²) in [6, 6.07) is 3.18. The summed E-state index contributed by atoms with van der Waals surface area (Å²) in [5, 5.41) is 8.84. The van der Waals surface area contributed by atoms with Gasteiger partial charge in [-0.3, -0.25) is 4.79 Å². The molecule has 0 radical (unpaired) electrons. The first-order valence-corrected chi connectivity index (χ1v) is 6.02. The average Bonchev–Trinajstić information content (AvgIpc) is 2.38. The zero-order valence-corrected chi connectivity index (χ0v) is 11.3. The van der Waals surface area contributed by atoms with Gasteiger partial charge < -0.3 is 14.7 Å². The smallest absolute Gasteiger partial charge is 0.356 e. The van der Waals surface area contributed by atoms with Gasteiger partial charge in [0.1, 0.15) is 5.69 Å². The number of esters is 1. The standard InChI is InChI=1S/C13H18N2O4/c1-4-15(9(2)7-12(16)17)10-5-6-14-11(8-10)13(18)19-3/h5-6,8-9H,4,7H2,1-3H3,(H,16,17). The van der Waals surface area contributed by atoms with Crippen molar-refractivity contribution in [2.45, 2.75) is 26.3 Å². The van der Waals surface area contributed by atoms with Crippen LogP contribution in [0.2, 0.25) is 0 Å². The lowest BCUT2D eigenvalue weighted by atomic mass is 10.1. The molecule has 19 heavy (non-hydrogen) atoms. The number of carboxylic acid groups (broad SMARTS) is 1. The minimum Gasteiger partial charge on any atom is -0.481 e. The third-order valence-corrected chi connectivity index (χ3v) is 2.81. The molecule has 1 aromatic rings. The number of hydrogen-bond acceptors (Lipinski definition) is 5.